The van der Waals surface area contributed by atoms with Gasteiger partial charge in [-0.15, -0.1) is 13.2 Å². The molecule has 30 heavy (non-hydrogen) atoms. The fourth-order valence-electron chi connectivity index (χ4n) is 2.59. The molecule has 0 fully saturated rings. The molecule has 0 radical (unpaired) electrons. The molecule has 0 spiro atoms. The minimum atomic E-state index is -4.99. The Balaban J connectivity index is 1.93. The fourth-order valence-corrected chi connectivity index (χ4v) is 2.59. The molecule has 0 aliphatic rings. The van der Waals surface area contributed by atoms with Crippen molar-refractivity contribution in [3.8, 4) is 5.75 Å². The Morgan fingerprint density at radius 1 is 1.07 bits per heavy atom. The van der Waals surface area contributed by atoms with Crippen LogP contribution in [0.5, 0.6) is 5.75 Å². The summed E-state index contributed by atoms with van der Waals surface area (Å²) < 4.78 is 55.9. The number of hydrogen-bond acceptors (Lipinski definition) is 4. The van der Waals surface area contributed by atoms with E-state index in [0.717, 1.165) is 24.4 Å². The average Bonchev–Trinajstić information content (AvgIpc) is 2.67. The Kier molecular flexibility index (Phi) is 5.72. The van der Waals surface area contributed by atoms with E-state index in [-0.39, 0.29) is 11.3 Å². The van der Waals surface area contributed by atoms with E-state index in [9.17, 15) is 31.9 Å². The normalized spacial score (nSPS) is 11.2. The second kappa shape index (κ2) is 8.23. The molecule has 1 amide bonds. The van der Waals surface area contributed by atoms with E-state index in [0.29, 0.717) is 4.57 Å². The van der Waals surface area contributed by atoms with E-state index < -0.39 is 47.2 Å². The highest BCUT2D eigenvalue weighted by Crippen LogP contribution is 2.30. The maximum absolute atomic E-state index is 13.9. The highest BCUT2D eigenvalue weighted by atomic mass is 19.4. The van der Waals surface area contributed by atoms with Gasteiger partial charge in [-0.3, -0.25) is 14.2 Å². The Morgan fingerprint density at radius 3 is 2.43 bits per heavy atom. The Labute approximate surface area is 165 Å². The van der Waals surface area contributed by atoms with Crippen molar-refractivity contribution in [3.05, 3.63) is 92.5 Å². The fraction of sp³-hybridized carbons (Fsp3) is 0.105. The number of ether oxygens (including phenoxy) is 1. The van der Waals surface area contributed by atoms with Crippen LogP contribution in [-0.4, -0.2) is 21.8 Å². The third-order valence-corrected chi connectivity index (χ3v) is 3.95. The highest BCUT2D eigenvalue weighted by molar-refractivity contribution is 6.04. The molecule has 3 rings (SSSR count). The molecule has 0 saturated heterocycles. The van der Waals surface area contributed by atoms with Crippen molar-refractivity contribution < 1.29 is 27.1 Å². The monoisotopic (exact) mass is 423 g/mol. The highest BCUT2D eigenvalue weighted by Gasteiger charge is 2.32. The third-order valence-electron chi connectivity index (χ3n) is 3.95. The summed E-state index contributed by atoms with van der Waals surface area (Å²) in [5.74, 6) is -2.43. The lowest BCUT2D eigenvalue weighted by Gasteiger charge is -2.14. The quantitative estimate of drug-likeness (QED) is 0.618. The zero-order chi connectivity index (χ0) is 21.9. The van der Waals surface area contributed by atoms with Gasteiger partial charge >= 0.3 is 12.1 Å². The number of rotatable bonds is 5. The molecule has 0 aliphatic carbocycles. The first-order valence-corrected chi connectivity index (χ1v) is 8.38. The molecular formula is C19H13F4N3O4. The minimum absolute atomic E-state index is 0.0339. The number of alkyl halides is 3. The average molecular weight is 423 g/mol. The van der Waals surface area contributed by atoms with Gasteiger partial charge in [0.15, 0.2) is 5.75 Å². The van der Waals surface area contributed by atoms with Crippen LogP contribution in [0.1, 0.15) is 15.9 Å². The van der Waals surface area contributed by atoms with Crippen molar-refractivity contribution in [2.45, 2.75) is 12.9 Å². The lowest BCUT2D eigenvalue weighted by Crippen LogP contribution is -2.39. The van der Waals surface area contributed by atoms with Gasteiger partial charge in [-0.1, -0.05) is 30.3 Å². The number of aromatic amines is 1. The molecule has 3 aromatic rings. The number of nitrogens with one attached hydrogen (secondary N) is 2. The summed E-state index contributed by atoms with van der Waals surface area (Å²) in [5, 5.41) is 2.14. The molecule has 0 saturated carbocycles. The van der Waals surface area contributed by atoms with E-state index >= 15 is 0 Å². The van der Waals surface area contributed by atoms with Gasteiger partial charge in [-0.05, 0) is 18.2 Å². The van der Waals surface area contributed by atoms with E-state index in [4.69, 9.17) is 0 Å². The van der Waals surface area contributed by atoms with Crippen LogP contribution in [0.25, 0.3) is 0 Å². The first kappa shape index (κ1) is 20.8. The van der Waals surface area contributed by atoms with Crippen LogP contribution in [0.15, 0.2) is 64.3 Å². The number of nitrogens with zero attached hydrogens (tertiary/aromatic N) is 1. The van der Waals surface area contributed by atoms with Gasteiger partial charge in [0, 0.05) is 11.8 Å². The minimum Gasteiger partial charge on any atom is -0.404 e. The van der Waals surface area contributed by atoms with Crippen LogP contribution in [-0.2, 0) is 6.54 Å². The van der Waals surface area contributed by atoms with Crippen molar-refractivity contribution >= 4 is 11.6 Å². The van der Waals surface area contributed by atoms with Crippen molar-refractivity contribution in [1.29, 1.82) is 0 Å². The molecule has 0 aliphatic heterocycles. The Hall–Kier alpha value is -3.89. The zero-order valence-corrected chi connectivity index (χ0v) is 15.0. The van der Waals surface area contributed by atoms with Gasteiger partial charge in [0.2, 0.25) is 0 Å². The number of carbonyl (C=O) groups excluding carboxylic acids is 1. The first-order chi connectivity index (χ1) is 14.2. The number of halogens is 4. The predicted octanol–water partition coefficient (Wildman–Crippen LogP) is 2.87. The standard InChI is InChI=1S/C19H13F4N3O4/c20-13-6-2-1-5-11(13)10-26-17(28)12(9-24-18(26)29)16(27)25-14-7-3-4-8-15(14)30-19(21,22)23/h1-9H,10H2,(H,24,29)(H,25,27). The topological polar surface area (TPSA) is 93.2 Å². The summed E-state index contributed by atoms with van der Waals surface area (Å²) >= 11 is 0. The molecule has 0 atom stereocenters. The molecule has 7 nitrogen and oxygen atoms in total. The molecule has 0 unspecified atom stereocenters. The van der Waals surface area contributed by atoms with Gasteiger partial charge in [0.1, 0.15) is 11.4 Å². The summed E-state index contributed by atoms with van der Waals surface area (Å²) in [4.78, 5) is 39.3. The van der Waals surface area contributed by atoms with E-state index in [2.05, 4.69) is 15.0 Å². The van der Waals surface area contributed by atoms with E-state index in [1.54, 1.807) is 0 Å². The number of amides is 1. The van der Waals surface area contributed by atoms with Crippen molar-refractivity contribution in [2.75, 3.05) is 5.32 Å². The number of H-pyrrole nitrogens is 1. The van der Waals surface area contributed by atoms with E-state index in [1.165, 1.54) is 30.3 Å². The molecule has 1 aromatic heterocycles. The Morgan fingerprint density at radius 2 is 1.73 bits per heavy atom. The summed E-state index contributed by atoms with van der Waals surface area (Å²) in [6.45, 7) is -0.449. The maximum Gasteiger partial charge on any atom is 0.573 e. The smallest absolute Gasteiger partial charge is 0.404 e. The lowest BCUT2D eigenvalue weighted by atomic mass is 10.2. The van der Waals surface area contributed by atoms with Crippen LogP contribution >= 0.6 is 0 Å². The van der Waals surface area contributed by atoms with Gasteiger partial charge in [-0.2, -0.15) is 0 Å². The molecule has 2 aromatic carbocycles. The summed E-state index contributed by atoms with van der Waals surface area (Å²) in [6.07, 6.45) is -4.17. The number of benzene rings is 2. The third kappa shape index (κ3) is 4.74. The number of anilines is 1. The van der Waals surface area contributed by atoms with Gasteiger partial charge in [-0.25, -0.2) is 9.18 Å². The molecule has 2 N–H and O–H groups in total. The van der Waals surface area contributed by atoms with Crippen molar-refractivity contribution in [1.82, 2.24) is 9.55 Å². The molecule has 0 bridgehead atoms. The number of hydrogen-bond donors (Lipinski definition) is 2. The number of carbonyl (C=O) groups is 1. The van der Waals surface area contributed by atoms with Gasteiger partial charge in [0.05, 0.1) is 12.2 Å². The second-order valence-electron chi connectivity index (χ2n) is 5.99. The van der Waals surface area contributed by atoms with E-state index in [1.807, 2.05) is 0 Å². The van der Waals surface area contributed by atoms with Crippen LogP contribution in [0.2, 0.25) is 0 Å². The summed E-state index contributed by atoms with van der Waals surface area (Å²) in [7, 11) is 0. The van der Waals surface area contributed by atoms with Crippen molar-refractivity contribution in [2.24, 2.45) is 0 Å². The van der Waals surface area contributed by atoms with Crippen LogP contribution < -0.4 is 21.3 Å². The van der Waals surface area contributed by atoms with Gasteiger partial charge < -0.3 is 15.0 Å². The number of para-hydroxylation sites is 2. The van der Waals surface area contributed by atoms with Crippen LogP contribution in [0.3, 0.4) is 0 Å². The zero-order valence-electron chi connectivity index (χ0n) is 15.0. The second-order valence-corrected chi connectivity index (χ2v) is 5.99. The first-order valence-electron chi connectivity index (χ1n) is 8.38. The van der Waals surface area contributed by atoms with Crippen LogP contribution in [0, 0.1) is 5.82 Å². The summed E-state index contributed by atoms with van der Waals surface area (Å²) in [6, 6.07) is 10.2. The SMILES string of the molecule is O=C(Nc1ccccc1OC(F)(F)F)c1c[nH]c(=O)n(Cc2ccccc2F)c1=O. The maximum atomic E-state index is 13.9. The van der Waals surface area contributed by atoms with Crippen molar-refractivity contribution in [3.63, 3.8) is 0 Å². The molecule has 11 heteroatoms. The largest absolute Gasteiger partial charge is 0.573 e. The molecular weight excluding hydrogens is 410 g/mol. The predicted molar refractivity (Wildman–Crippen MR) is 97.9 cm³/mol. The number of aromatic nitrogens is 2. The lowest BCUT2D eigenvalue weighted by molar-refractivity contribution is -0.274. The van der Waals surface area contributed by atoms with Gasteiger partial charge in [0.25, 0.3) is 11.5 Å². The molecule has 1 heterocycles. The Bertz CT molecular complexity index is 1200. The van der Waals surface area contributed by atoms with Crippen LogP contribution in [0.4, 0.5) is 23.2 Å². The molecule has 156 valence electrons. The summed E-state index contributed by atoms with van der Waals surface area (Å²) in [5.41, 5.74) is -2.81.